The molecule has 6 heteroatoms. The number of carbonyl (C=O) groups is 2. The number of hydrogen-bond donors (Lipinski definition) is 0. The monoisotopic (exact) mass is 354 g/mol. The van der Waals surface area contributed by atoms with Gasteiger partial charge in [0.15, 0.2) is 0 Å². The van der Waals surface area contributed by atoms with Crippen molar-refractivity contribution < 1.29 is 14.0 Å². The molecule has 1 aromatic rings. The van der Waals surface area contributed by atoms with Gasteiger partial charge in [0.05, 0.1) is 5.69 Å². The molecule has 0 N–H and O–H groups in total. The Hall–Kier alpha value is -1.43. The molecule has 1 atom stereocenters. The molecule has 0 bridgehead atoms. The van der Waals surface area contributed by atoms with Crippen molar-refractivity contribution in [2.24, 2.45) is 5.92 Å². The van der Waals surface area contributed by atoms with Crippen molar-refractivity contribution >= 4 is 33.4 Å². The molecule has 4 nitrogen and oxygen atoms in total. The van der Waals surface area contributed by atoms with Crippen molar-refractivity contribution in [2.45, 2.75) is 19.3 Å². The second-order valence-electron chi connectivity index (χ2n) is 5.46. The zero-order chi connectivity index (χ0) is 15.0. The summed E-state index contributed by atoms with van der Waals surface area (Å²) in [6.07, 6.45) is 2.46. The normalized spacial score (nSPS) is 22.2. The maximum absolute atomic E-state index is 14.0. The Kier molecular flexibility index (Phi) is 3.97. The van der Waals surface area contributed by atoms with Crippen LogP contribution in [0.4, 0.5) is 10.1 Å². The van der Waals surface area contributed by atoms with E-state index in [-0.39, 0.29) is 17.5 Å². The molecule has 1 aromatic carbocycles. The van der Waals surface area contributed by atoms with Crippen LogP contribution in [-0.4, -0.2) is 36.3 Å². The van der Waals surface area contributed by atoms with Crippen molar-refractivity contribution in [3.05, 3.63) is 28.5 Å². The highest BCUT2D eigenvalue weighted by atomic mass is 79.9. The average molecular weight is 355 g/mol. The molecule has 0 aliphatic carbocycles. The summed E-state index contributed by atoms with van der Waals surface area (Å²) < 4.78 is 14.6. The number of anilines is 1. The van der Waals surface area contributed by atoms with Gasteiger partial charge in [0.2, 0.25) is 11.8 Å². The standard InChI is InChI=1S/C15H16BrFN2O2/c16-10-3-4-13(12(17)9-10)19-8-5-11(15(19)21)14(20)18-6-1-2-7-18/h3-4,9,11H,1-2,5-8H2. The summed E-state index contributed by atoms with van der Waals surface area (Å²) in [5.41, 5.74) is 0.250. The van der Waals surface area contributed by atoms with Gasteiger partial charge < -0.3 is 9.80 Å². The van der Waals surface area contributed by atoms with Gasteiger partial charge in [-0.3, -0.25) is 9.59 Å². The number of hydrogen-bond acceptors (Lipinski definition) is 2. The van der Waals surface area contributed by atoms with Gasteiger partial charge in [-0.15, -0.1) is 0 Å². The van der Waals surface area contributed by atoms with E-state index in [1.165, 1.54) is 11.0 Å². The van der Waals surface area contributed by atoms with Gasteiger partial charge in [-0.05, 0) is 37.5 Å². The summed E-state index contributed by atoms with van der Waals surface area (Å²) >= 11 is 3.20. The average Bonchev–Trinajstić information content (AvgIpc) is 3.08. The van der Waals surface area contributed by atoms with Crippen molar-refractivity contribution in [1.29, 1.82) is 0 Å². The van der Waals surface area contributed by atoms with E-state index in [2.05, 4.69) is 15.9 Å². The molecule has 21 heavy (non-hydrogen) atoms. The van der Waals surface area contributed by atoms with E-state index in [0.29, 0.717) is 17.4 Å². The molecule has 2 amide bonds. The second kappa shape index (κ2) is 5.75. The maximum Gasteiger partial charge on any atom is 0.239 e. The van der Waals surface area contributed by atoms with Gasteiger partial charge in [0.1, 0.15) is 11.7 Å². The first-order chi connectivity index (χ1) is 10.1. The van der Waals surface area contributed by atoms with Crippen LogP contribution in [0.15, 0.2) is 22.7 Å². The molecule has 2 saturated heterocycles. The van der Waals surface area contributed by atoms with Crippen LogP contribution in [0.1, 0.15) is 19.3 Å². The third-order valence-corrected chi connectivity index (χ3v) is 4.62. The molecule has 0 aromatic heterocycles. The van der Waals surface area contributed by atoms with E-state index in [1.54, 1.807) is 17.0 Å². The smallest absolute Gasteiger partial charge is 0.239 e. The number of benzene rings is 1. The predicted molar refractivity (Wildman–Crippen MR) is 80.4 cm³/mol. The highest BCUT2D eigenvalue weighted by Crippen LogP contribution is 2.30. The predicted octanol–water partition coefficient (Wildman–Crippen LogP) is 2.56. The highest BCUT2D eigenvalue weighted by molar-refractivity contribution is 9.10. The Bertz CT molecular complexity index is 587. The summed E-state index contributed by atoms with van der Waals surface area (Å²) in [7, 11) is 0. The topological polar surface area (TPSA) is 40.6 Å². The van der Waals surface area contributed by atoms with E-state index >= 15 is 0 Å². The van der Waals surface area contributed by atoms with Crippen LogP contribution < -0.4 is 4.90 Å². The summed E-state index contributed by atoms with van der Waals surface area (Å²) in [6.45, 7) is 1.85. The van der Waals surface area contributed by atoms with Gasteiger partial charge >= 0.3 is 0 Å². The fraction of sp³-hybridized carbons (Fsp3) is 0.467. The minimum Gasteiger partial charge on any atom is -0.342 e. The molecular formula is C15H16BrFN2O2. The van der Waals surface area contributed by atoms with Crippen molar-refractivity contribution in [1.82, 2.24) is 4.90 Å². The van der Waals surface area contributed by atoms with Crippen LogP contribution >= 0.6 is 15.9 Å². The minimum atomic E-state index is -0.647. The van der Waals surface area contributed by atoms with Gasteiger partial charge in [-0.2, -0.15) is 0 Å². The SMILES string of the molecule is O=C(C1CCN(c2ccc(Br)cc2F)C1=O)N1CCCC1. The summed E-state index contributed by atoms with van der Waals surface area (Å²) in [5.74, 6) is -1.48. The second-order valence-corrected chi connectivity index (χ2v) is 6.37. The van der Waals surface area contributed by atoms with E-state index in [4.69, 9.17) is 0 Å². The molecular weight excluding hydrogens is 339 g/mol. The summed E-state index contributed by atoms with van der Waals surface area (Å²) in [6, 6.07) is 4.60. The Balaban J connectivity index is 1.78. The number of nitrogens with zero attached hydrogens (tertiary/aromatic N) is 2. The van der Waals surface area contributed by atoms with Crippen LogP contribution in [0.3, 0.4) is 0 Å². The van der Waals surface area contributed by atoms with Crippen molar-refractivity contribution in [2.75, 3.05) is 24.5 Å². The lowest BCUT2D eigenvalue weighted by molar-refractivity contribution is -0.139. The third-order valence-electron chi connectivity index (χ3n) is 4.12. The van der Waals surface area contributed by atoms with E-state index in [0.717, 1.165) is 25.9 Å². The Labute approximate surface area is 131 Å². The number of likely N-dealkylation sites (tertiary alicyclic amines) is 1. The van der Waals surface area contributed by atoms with Crippen LogP contribution in [0.5, 0.6) is 0 Å². The maximum atomic E-state index is 14.0. The highest BCUT2D eigenvalue weighted by Gasteiger charge is 2.40. The Morgan fingerprint density at radius 3 is 2.62 bits per heavy atom. The quantitative estimate of drug-likeness (QED) is 0.765. The molecule has 0 saturated carbocycles. The number of carbonyl (C=O) groups excluding carboxylic acids is 2. The van der Waals surface area contributed by atoms with Crippen LogP contribution in [0, 0.1) is 11.7 Å². The zero-order valence-corrected chi connectivity index (χ0v) is 13.1. The molecule has 2 heterocycles. The number of amides is 2. The molecule has 0 spiro atoms. The number of halogens is 2. The van der Waals surface area contributed by atoms with E-state index in [1.807, 2.05) is 0 Å². The first-order valence-corrected chi connectivity index (χ1v) is 7.92. The lowest BCUT2D eigenvalue weighted by Gasteiger charge is -2.20. The Morgan fingerprint density at radius 1 is 1.24 bits per heavy atom. The molecule has 2 fully saturated rings. The lowest BCUT2D eigenvalue weighted by atomic mass is 10.1. The fourth-order valence-corrected chi connectivity index (χ4v) is 3.34. The molecule has 2 aliphatic heterocycles. The zero-order valence-electron chi connectivity index (χ0n) is 11.5. The lowest BCUT2D eigenvalue weighted by Crippen LogP contribution is -2.38. The molecule has 3 rings (SSSR count). The molecule has 112 valence electrons. The van der Waals surface area contributed by atoms with Gasteiger partial charge in [0.25, 0.3) is 0 Å². The van der Waals surface area contributed by atoms with E-state index < -0.39 is 11.7 Å². The summed E-state index contributed by atoms with van der Waals surface area (Å²) in [5, 5.41) is 0. The first kappa shape index (κ1) is 14.5. The molecule has 0 radical (unpaired) electrons. The first-order valence-electron chi connectivity index (χ1n) is 7.13. The van der Waals surface area contributed by atoms with Gasteiger partial charge in [-0.25, -0.2) is 4.39 Å². The molecule has 1 unspecified atom stereocenters. The van der Waals surface area contributed by atoms with Gasteiger partial charge in [0, 0.05) is 24.1 Å². The van der Waals surface area contributed by atoms with Crippen LogP contribution in [-0.2, 0) is 9.59 Å². The van der Waals surface area contributed by atoms with E-state index in [9.17, 15) is 14.0 Å². The minimum absolute atomic E-state index is 0.0995. The van der Waals surface area contributed by atoms with Gasteiger partial charge in [-0.1, -0.05) is 15.9 Å². The molecule has 2 aliphatic rings. The van der Waals surface area contributed by atoms with Crippen LogP contribution in [0.25, 0.3) is 0 Å². The third kappa shape index (κ3) is 2.69. The van der Waals surface area contributed by atoms with Crippen LogP contribution in [0.2, 0.25) is 0 Å². The van der Waals surface area contributed by atoms with Crippen molar-refractivity contribution in [3.8, 4) is 0 Å². The Morgan fingerprint density at radius 2 is 1.95 bits per heavy atom. The largest absolute Gasteiger partial charge is 0.342 e. The number of rotatable bonds is 2. The fourth-order valence-electron chi connectivity index (χ4n) is 3.01. The summed E-state index contributed by atoms with van der Waals surface area (Å²) in [4.78, 5) is 27.9. The van der Waals surface area contributed by atoms with Crippen molar-refractivity contribution in [3.63, 3.8) is 0 Å².